The van der Waals surface area contributed by atoms with E-state index in [1.165, 1.54) is 0 Å². The number of hydrogen-bond acceptors (Lipinski definition) is 4. The Kier molecular flexibility index (Phi) is 3.29. The molecular weight excluding hydrogens is 316 g/mol. The highest BCUT2D eigenvalue weighted by atomic mass is 16.2. The number of hydrazine groups is 1. The second-order valence-electron chi connectivity index (χ2n) is 6.30. The van der Waals surface area contributed by atoms with E-state index in [1.54, 1.807) is 11.1 Å². The van der Waals surface area contributed by atoms with Gasteiger partial charge in [-0.15, -0.1) is 0 Å². The molecule has 25 heavy (non-hydrogen) atoms. The van der Waals surface area contributed by atoms with E-state index < -0.39 is 0 Å². The minimum atomic E-state index is -0.00855. The number of imidazole rings is 1. The first-order valence-corrected chi connectivity index (χ1v) is 8.13. The van der Waals surface area contributed by atoms with Gasteiger partial charge in [0.25, 0.3) is 0 Å². The van der Waals surface area contributed by atoms with E-state index in [0.29, 0.717) is 24.0 Å². The van der Waals surface area contributed by atoms with E-state index in [-0.39, 0.29) is 5.91 Å². The van der Waals surface area contributed by atoms with Crippen LogP contribution in [0.3, 0.4) is 0 Å². The van der Waals surface area contributed by atoms with E-state index in [4.69, 9.17) is 4.98 Å². The highest BCUT2D eigenvalue weighted by Gasteiger charge is 2.24. The predicted octanol–water partition coefficient (Wildman–Crippen LogP) is 2.09. The van der Waals surface area contributed by atoms with Crippen LogP contribution in [0.1, 0.15) is 23.4 Å². The lowest BCUT2D eigenvalue weighted by molar-refractivity contribution is -0.119. The molecule has 0 aliphatic carbocycles. The number of aromatic nitrogens is 3. The predicted molar refractivity (Wildman–Crippen MR) is 94.3 cm³/mol. The van der Waals surface area contributed by atoms with Crippen molar-refractivity contribution < 1.29 is 4.79 Å². The molecule has 1 amide bonds. The average Bonchev–Trinajstić information content (AvgIpc) is 3.26. The Bertz CT molecular complexity index is 1030. The molecule has 3 aromatic rings. The van der Waals surface area contributed by atoms with E-state index in [2.05, 4.69) is 16.1 Å². The lowest BCUT2D eigenvalue weighted by Gasteiger charge is -2.17. The summed E-state index contributed by atoms with van der Waals surface area (Å²) in [6.07, 6.45) is 0.455. The van der Waals surface area contributed by atoms with Crippen molar-refractivity contribution in [3.05, 3.63) is 41.2 Å². The third-order valence-corrected chi connectivity index (χ3v) is 4.68. The molecule has 7 heteroatoms. The summed E-state index contributed by atoms with van der Waals surface area (Å²) in [5, 5.41) is 11.3. The molecule has 1 aliphatic rings. The minimum Gasteiger partial charge on any atom is -0.311 e. The van der Waals surface area contributed by atoms with Crippen LogP contribution in [-0.4, -0.2) is 26.6 Å². The van der Waals surface area contributed by atoms with E-state index in [1.807, 2.05) is 43.7 Å². The summed E-state index contributed by atoms with van der Waals surface area (Å²) < 4.78 is 4.00. The van der Waals surface area contributed by atoms with Crippen molar-refractivity contribution in [3.8, 4) is 12.0 Å². The lowest BCUT2D eigenvalue weighted by atomic mass is 10.1. The zero-order valence-corrected chi connectivity index (χ0v) is 14.4. The molecule has 1 aliphatic heterocycles. The van der Waals surface area contributed by atoms with Gasteiger partial charge in [0.1, 0.15) is 11.6 Å². The number of nitriles is 1. The number of aryl methyl sites for hydroxylation is 3. The molecule has 1 N–H and O–H groups in total. The van der Waals surface area contributed by atoms with Gasteiger partial charge in [0, 0.05) is 31.4 Å². The number of carbonyl (C=O) groups excluding carboxylic acids is 1. The summed E-state index contributed by atoms with van der Waals surface area (Å²) in [5.74, 6) is 0.746. The van der Waals surface area contributed by atoms with Crippen molar-refractivity contribution in [2.24, 2.45) is 7.05 Å². The Morgan fingerprint density at radius 3 is 2.52 bits per heavy atom. The number of carbonyl (C=O) groups is 1. The van der Waals surface area contributed by atoms with E-state index in [9.17, 15) is 10.1 Å². The van der Waals surface area contributed by atoms with Gasteiger partial charge in [-0.1, -0.05) is 0 Å². The monoisotopic (exact) mass is 334 g/mol. The maximum absolute atomic E-state index is 11.6. The molecule has 7 nitrogen and oxygen atoms in total. The summed E-state index contributed by atoms with van der Waals surface area (Å²) in [7, 11) is 1.91. The first-order chi connectivity index (χ1) is 12.0. The van der Waals surface area contributed by atoms with Crippen LogP contribution in [0, 0.1) is 25.2 Å². The fraction of sp³-hybridized carbons (Fsp3) is 0.278. The van der Waals surface area contributed by atoms with Crippen LogP contribution >= 0.6 is 0 Å². The van der Waals surface area contributed by atoms with E-state index in [0.717, 1.165) is 28.5 Å². The second kappa shape index (κ2) is 5.38. The van der Waals surface area contributed by atoms with Gasteiger partial charge in [-0.25, -0.2) is 4.98 Å². The van der Waals surface area contributed by atoms with Gasteiger partial charge < -0.3 is 4.57 Å². The molecule has 1 aromatic carbocycles. The van der Waals surface area contributed by atoms with Crippen molar-refractivity contribution in [2.45, 2.75) is 20.3 Å². The number of nitrogens with zero attached hydrogens (tertiary/aromatic N) is 5. The molecule has 126 valence electrons. The Morgan fingerprint density at radius 1 is 1.20 bits per heavy atom. The molecule has 3 heterocycles. The third kappa shape index (κ3) is 2.18. The van der Waals surface area contributed by atoms with Crippen LogP contribution in [0.4, 0.5) is 5.69 Å². The highest BCUT2D eigenvalue weighted by molar-refractivity contribution is 5.95. The van der Waals surface area contributed by atoms with Crippen molar-refractivity contribution >= 4 is 22.6 Å². The Morgan fingerprint density at radius 2 is 1.92 bits per heavy atom. The summed E-state index contributed by atoms with van der Waals surface area (Å²) in [5.41, 5.74) is 7.84. The van der Waals surface area contributed by atoms with Crippen molar-refractivity contribution in [1.82, 2.24) is 19.5 Å². The first kappa shape index (κ1) is 15.3. The van der Waals surface area contributed by atoms with Crippen LogP contribution in [0.5, 0.6) is 0 Å². The quantitative estimate of drug-likeness (QED) is 0.778. The fourth-order valence-corrected chi connectivity index (χ4v) is 3.44. The number of fused-ring (bicyclic) bond motifs is 1. The van der Waals surface area contributed by atoms with Gasteiger partial charge in [-0.2, -0.15) is 5.26 Å². The van der Waals surface area contributed by atoms with Gasteiger partial charge in [0.05, 0.1) is 16.8 Å². The molecule has 4 rings (SSSR count). The Labute approximate surface area is 145 Å². The van der Waals surface area contributed by atoms with Crippen LogP contribution in [0.15, 0.2) is 24.3 Å². The van der Waals surface area contributed by atoms with Gasteiger partial charge in [-0.3, -0.25) is 19.8 Å². The summed E-state index contributed by atoms with van der Waals surface area (Å²) >= 11 is 0. The summed E-state index contributed by atoms with van der Waals surface area (Å²) in [6, 6.07) is 9.96. The minimum absolute atomic E-state index is 0.00855. The Hall–Kier alpha value is -3.27. The zero-order chi connectivity index (χ0) is 17.7. The number of hydrogen-bond donors (Lipinski definition) is 1. The molecule has 0 saturated carbocycles. The van der Waals surface area contributed by atoms with Gasteiger partial charge in [0.15, 0.2) is 0 Å². The van der Waals surface area contributed by atoms with E-state index >= 15 is 0 Å². The van der Waals surface area contributed by atoms with Gasteiger partial charge in [0.2, 0.25) is 11.9 Å². The number of rotatable bonds is 2. The number of nitrogens with one attached hydrogen (secondary N) is 1. The van der Waals surface area contributed by atoms with Crippen LogP contribution in [0.2, 0.25) is 0 Å². The van der Waals surface area contributed by atoms with Crippen LogP contribution in [-0.2, 0) is 11.8 Å². The number of amides is 1. The molecule has 0 unspecified atom stereocenters. The maximum Gasteiger partial charge on any atom is 0.240 e. The number of anilines is 1. The number of benzene rings is 1. The first-order valence-electron chi connectivity index (χ1n) is 8.13. The molecule has 1 saturated heterocycles. The normalized spacial score (nSPS) is 14.2. The molecule has 1 fully saturated rings. The smallest absolute Gasteiger partial charge is 0.240 e. The molecule has 2 aromatic heterocycles. The fourth-order valence-electron chi connectivity index (χ4n) is 3.44. The zero-order valence-electron chi connectivity index (χ0n) is 14.4. The molecular formula is C18H18N6O. The van der Waals surface area contributed by atoms with Gasteiger partial charge in [-0.05, 0) is 38.1 Å². The topological polar surface area (TPSA) is 78.9 Å². The van der Waals surface area contributed by atoms with Gasteiger partial charge >= 0.3 is 0 Å². The summed E-state index contributed by atoms with van der Waals surface area (Å²) in [4.78, 5) is 16.4. The summed E-state index contributed by atoms with van der Waals surface area (Å²) in [6.45, 7) is 4.64. The molecule has 0 spiro atoms. The highest BCUT2D eigenvalue weighted by Crippen LogP contribution is 2.31. The van der Waals surface area contributed by atoms with Crippen LogP contribution in [0.25, 0.3) is 17.0 Å². The second-order valence-corrected chi connectivity index (χ2v) is 6.30. The van der Waals surface area contributed by atoms with Crippen molar-refractivity contribution in [2.75, 3.05) is 11.6 Å². The van der Waals surface area contributed by atoms with Crippen molar-refractivity contribution in [3.63, 3.8) is 0 Å². The maximum atomic E-state index is 11.6. The lowest BCUT2D eigenvalue weighted by Crippen LogP contribution is -2.33. The van der Waals surface area contributed by atoms with Crippen molar-refractivity contribution in [1.29, 1.82) is 5.26 Å². The standard InChI is InChI=1S/C18H18N6O/c1-11-4-5-12(2)24(11)18-20-16-14(23-9-8-15(25)21-23)7-6-13(10-19)17(16)22(18)3/h4-7H,8-9H2,1-3H3,(H,21,25). The molecule has 0 bridgehead atoms. The average molecular weight is 334 g/mol. The Balaban J connectivity index is 2.01. The third-order valence-electron chi connectivity index (χ3n) is 4.68. The SMILES string of the molecule is Cc1ccc(C)n1-c1nc2c(N3CCC(=O)N3)ccc(C#N)c2n1C. The van der Waals surface area contributed by atoms with Crippen LogP contribution < -0.4 is 10.4 Å². The molecule has 0 atom stereocenters. The molecule has 0 radical (unpaired) electrons. The largest absolute Gasteiger partial charge is 0.311 e.